The van der Waals surface area contributed by atoms with Gasteiger partial charge in [-0.15, -0.1) is 11.3 Å². The van der Waals surface area contributed by atoms with E-state index in [2.05, 4.69) is 15.4 Å². The molecule has 5 nitrogen and oxygen atoms in total. The number of halogens is 4. The smallest absolute Gasteiger partial charge is 0.298 e. The Bertz CT molecular complexity index is 944. The molecule has 2 heterocycles. The number of carbonyl (C=O) groups excluding carboxylic acids is 1. The first-order valence-electron chi connectivity index (χ1n) is 7.33. The third kappa shape index (κ3) is 3.58. The van der Waals surface area contributed by atoms with E-state index in [1.807, 2.05) is 6.92 Å². The normalized spacial score (nSPS) is 11.6. The number of hydrogen-bond donors (Lipinski definition) is 1. The van der Waals surface area contributed by atoms with Gasteiger partial charge in [0.05, 0.1) is 23.1 Å². The average Bonchev–Trinajstić information content (AvgIpc) is 3.12. The summed E-state index contributed by atoms with van der Waals surface area (Å²) in [5, 5.41) is 6.75. The predicted octanol–water partition coefficient (Wildman–Crippen LogP) is 4.87. The summed E-state index contributed by atoms with van der Waals surface area (Å²) in [5.74, 6) is -0.925. The molecule has 0 aliphatic heterocycles. The summed E-state index contributed by atoms with van der Waals surface area (Å²) >= 11 is 6.96. The Hall–Kier alpha value is -2.39. The van der Waals surface area contributed by atoms with Crippen molar-refractivity contribution in [3.05, 3.63) is 57.3 Å². The maximum Gasteiger partial charge on any atom is 0.434 e. The van der Waals surface area contributed by atoms with Crippen LogP contribution in [0, 0.1) is 13.8 Å². The molecule has 26 heavy (non-hydrogen) atoms. The van der Waals surface area contributed by atoms with Crippen molar-refractivity contribution in [2.24, 2.45) is 0 Å². The second-order valence-corrected chi connectivity index (χ2v) is 7.05. The lowest BCUT2D eigenvalue weighted by Gasteiger charge is -2.12. The Labute approximate surface area is 155 Å². The molecule has 0 spiro atoms. The molecule has 0 radical (unpaired) electrons. The van der Waals surface area contributed by atoms with Crippen LogP contribution in [0.5, 0.6) is 0 Å². The van der Waals surface area contributed by atoms with Crippen LogP contribution in [0.3, 0.4) is 0 Å². The van der Waals surface area contributed by atoms with Gasteiger partial charge in [-0.1, -0.05) is 11.6 Å². The van der Waals surface area contributed by atoms with Gasteiger partial charge >= 0.3 is 6.18 Å². The van der Waals surface area contributed by atoms with Gasteiger partial charge in [0.1, 0.15) is 0 Å². The van der Waals surface area contributed by atoms with Crippen molar-refractivity contribution in [2.75, 3.05) is 5.32 Å². The summed E-state index contributed by atoms with van der Waals surface area (Å²) in [6, 6.07) is 5.67. The van der Waals surface area contributed by atoms with Gasteiger partial charge < -0.3 is 0 Å². The van der Waals surface area contributed by atoms with Gasteiger partial charge in [-0.25, -0.2) is 9.67 Å². The fourth-order valence-electron chi connectivity index (χ4n) is 2.26. The minimum atomic E-state index is -4.78. The molecular weight excluding hydrogens is 389 g/mol. The molecule has 0 fully saturated rings. The van der Waals surface area contributed by atoms with E-state index in [1.54, 1.807) is 6.92 Å². The molecule has 0 saturated heterocycles. The number of benzene rings is 1. The van der Waals surface area contributed by atoms with Crippen molar-refractivity contribution < 1.29 is 18.0 Å². The third-order valence-corrected chi connectivity index (χ3v) is 4.84. The zero-order valence-electron chi connectivity index (χ0n) is 13.6. The van der Waals surface area contributed by atoms with Crippen molar-refractivity contribution in [1.82, 2.24) is 14.8 Å². The summed E-state index contributed by atoms with van der Waals surface area (Å²) in [4.78, 5) is 17.4. The number of anilines is 1. The topological polar surface area (TPSA) is 59.8 Å². The van der Waals surface area contributed by atoms with Gasteiger partial charge in [-0.3, -0.25) is 10.1 Å². The molecule has 0 aliphatic carbocycles. The van der Waals surface area contributed by atoms with E-state index in [1.165, 1.54) is 35.6 Å². The fraction of sp³-hybridized carbons (Fsp3) is 0.188. The van der Waals surface area contributed by atoms with E-state index in [4.69, 9.17) is 11.6 Å². The van der Waals surface area contributed by atoms with E-state index in [-0.39, 0.29) is 10.8 Å². The van der Waals surface area contributed by atoms with E-state index < -0.39 is 23.3 Å². The highest BCUT2D eigenvalue weighted by Crippen LogP contribution is 2.34. The summed E-state index contributed by atoms with van der Waals surface area (Å²) < 4.78 is 41.5. The first-order valence-corrected chi connectivity index (χ1v) is 8.53. The number of carbonyl (C=O) groups is 1. The zero-order valence-corrected chi connectivity index (χ0v) is 15.1. The van der Waals surface area contributed by atoms with Crippen molar-refractivity contribution in [1.29, 1.82) is 0 Å². The molecular formula is C16H12ClF3N4OS. The zero-order chi connectivity index (χ0) is 19.1. The molecule has 10 heteroatoms. The number of amides is 1. The molecule has 2 aromatic heterocycles. The number of thiazole rings is 1. The van der Waals surface area contributed by atoms with Crippen molar-refractivity contribution >= 4 is 34.0 Å². The largest absolute Gasteiger partial charge is 0.434 e. The molecule has 0 bridgehead atoms. The number of nitrogens with one attached hydrogen (secondary N) is 1. The summed E-state index contributed by atoms with van der Waals surface area (Å²) in [6.45, 7) is 3.56. The number of aromatic nitrogens is 3. The van der Waals surface area contributed by atoms with Gasteiger partial charge in [-0.05, 0) is 38.1 Å². The van der Waals surface area contributed by atoms with Crippen LogP contribution in [0.4, 0.5) is 18.3 Å². The van der Waals surface area contributed by atoms with E-state index in [0.717, 1.165) is 11.1 Å². The summed E-state index contributed by atoms with van der Waals surface area (Å²) in [6.07, 6.45) is -3.89. The summed E-state index contributed by atoms with van der Waals surface area (Å²) in [7, 11) is 0. The minimum absolute atomic E-state index is 0.140. The minimum Gasteiger partial charge on any atom is -0.298 e. The van der Waals surface area contributed by atoms with Crippen LogP contribution in [0.2, 0.25) is 5.02 Å². The quantitative estimate of drug-likeness (QED) is 0.682. The molecule has 0 saturated carbocycles. The Balaban J connectivity index is 2.01. The Morgan fingerprint density at radius 3 is 2.42 bits per heavy atom. The highest BCUT2D eigenvalue weighted by molar-refractivity contribution is 7.15. The highest BCUT2D eigenvalue weighted by Gasteiger charge is 2.40. The molecule has 0 aliphatic rings. The molecule has 0 unspecified atom stereocenters. The van der Waals surface area contributed by atoms with Gasteiger partial charge in [0.25, 0.3) is 5.91 Å². The Morgan fingerprint density at radius 1 is 1.23 bits per heavy atom. The molecule has 1 aromatic carbocycles. The van der Waals surface area contributed by atoms with E-state index in [9.17, 15) is 18.0 Å². The van der Waals surface area contributed by atoms with Gasteiger partial charge in [0, 0.05) is 9.90 Å². The van der Waals surface area contributed by atoms with E-state index >= 15 is 0 Å². The SMILES string of the molecule is Cc1nc(NC(=O)c2cnn(-c3ccc(Cl)cc3)c2C(F)(F)F)sc1C. The predicted molar refractivity (Wildman–Crippen MR) is 93.1 cm³/mol. The Morgan fingerprint density at radius 2 is 1.88 bits per heavy atom. The van der Waals surface area contributed by atoms with Crippen LogP contribution in [0.15, 0.2) is 30.5 Å². The summed E-state index contributed by atoms with van der Waals surface area (Å²) in [5.41, 5.74) is -0.903. The third-order valence-electron chi connectivity index (χ3n) is 3.60. The monoisotopic (exact) mass is 400 g/mol. The van der Waals surface area contributed by atoms with Crippen LogP contribution in [-0.2, 0) is 6.18 Å². The Kier molecular flexibility index (Phi) is 4.76. The van der Waals surface area contributed by atoms with Crippen molar-refractivity contribution in [3.8, 4) is 5.69 Å². The first kappa shape index (κ1) is 18.4. The average molecular weight is 401 g/mol. The maximum absolute atomic E-state index is 13.6. The second kappa shape index (κ2) is 6.73. The number of alkyl halides is 3. The number of aryl methyl sites for hydroxylation is 2. The second-order valence-electron chi connectivity index (χ2n) is 5.41. The van der Waals surface area contributed by atoms with Crippen LogP contribution in [0.1, 0.15) is 26.6 Å². The molecule has 136 valence electrons. The molecule has 0 atom stereocenters. The highest BCUT2D eigenvalue weighted by atomic mass is 35.5. The van der Waals surface area contributed by atoms with Gasteiger partial charge in [-0.2, -0.15) is 18.3 Å². The van der Waals surface area contributed by atoms with Crippen molar-refractivity contribution in [3.63, 3.8) is 0 Å². The molecule has 3 rings (SSSR count). The van der Waals surface area contributed by atoms with Crippen molar-refractivity contribution in [2.45, 2.75) is 20.0 Å². The van der Waals surface area contributed by atoms with Crippen LogP contribution < -0.4 is 5.32 Å². The lowest BCUT2D eigenvalue weighted by molar-refractivity contribution is -0.143. The maximum atomic E-state index is 13.6. The first-order chi connectivity index (χ1) is 12.2. The number of nitrogens with zero attached hydrogens (tertiary/aromatic N) is 3. The molecule has 1 amide bonds. The lowest BCUT2D eigenvalue weighted by Crippen LogP contribution is -2.20. The fourth-order valence-corrected chi connectivity index (χ4v) is 3.19. The van der Waals surface area contributed by atoms with Crippen LogP contribution >= 0.6 is 22.9 Å². The van der Waals surface area contributed by atoms with Crippen LogP contribution in [-0.4, -0.2) is 20.7 Å². The number of hydrogen-bond acceptors (Lipinski definition) is 4. The van der Waals surface area contributed by atoms with Gasteiger partial charge in [0.15, 0.2) is 10.8 Å². The number of rotatable bonds is 3. The van der Waals surface area contributed by atoms with Gasteiger partial charge in [0.2, 0.25) is 0 Å². The van der Waals surface area contributed by atoms with Crippen LogP contribution in [0.25, 0.3) is 5.69 Å². The molecule has 3 aromatic rings. The lowest BCUT2D eigenvalue weighted by atomic mass is 10.2. The standard InChI is InChI=1S/C16H12ClF3N4OS/c1-8-9(2)26-15(22-8)23-14(25)12-7-21-24(13(12)16(18,19)20)11-5-3-10(17)4-6-11/h3-7H,1-2H3,(H,22,23,25). The molecule has 1 N–H and O–H groups in total. The van der Waals surface area contributed by atoms with E-state index in [0.29, 0.717) is 15.4 Å².